The van der Waals surface area contributed by atoms with Crippen LogP contribution in [0.4, 0.5) is 5.69 Å². The summed E-state index contributed by atoms with van der Waals surface area (Å²) in [5.74, 6) is -0.364. The minimum atomic E-state index is -0.364. The number of anilines is 1. The molecule has 0 amide bonds. The van der Waals surface area contributed by atoms with Gasteiger partial charge in [-0.2, -0.15) is 5.26 Å². The first kappa shape index (κ1) is 13.8. The maximum absolute atomic E-state index is 12.4. The Hall–Kier alpha value is -2.13. The molecule has 0 atom stereocenters. The van der Waals surface area contributed by atoms with E-state index in [9.17, 15) is 4.79 Å². The topological polar surface area (TPSA) is 89.0 Å². The summed E-state index contributed by atoms with van der Waals surface area (Å²) in [4.78, 5) is 18.1. The van der Waals surface area contributed by atoms with E-state index in [-0.39, 0.29) is 5.97 Å². The fourth-order valence-electron chi connectivity index (χ4n) is 2.82. The largest absolute Gasteiger partial charge is 0.462 e. The minimum absolute atomic E-state index is 0.312. The Morgan fingerprint density at radius 1 is 1.48 bits per heavy atom. The molecule has 2 N–H and O–H groups in total. The van der Waals surface area contributed by atoms with Gasteiger partial charge in [-0.3, -0.25) is 0 Å². The van der Waals surface area contributed by atoms with Crippen LogP contribution in [0, 0.1) is 11.3 Å². The number of rotatable bonds is 2. The highest BCUT2D eigenvalue weighted by molar-refractivity contribution is 7.19. The Morgan fingerprint density at radius 3 is 2.95 bits per heavy atom. The van der Waals surface area contributed by atoms with Crippen molar-refractivity contribution in [2.24, 2.45) is 0 Å². The lowest BCUT2D eigenvalue weighted by Gasteiger charge is -2.18. The summed E-state index contributed by atoms with van der Waals surface area (Å²) in [5.41, 5.74) is 8.82. The molecule has 2 aromatic heterocycles. The van der Waals surface area contributed by atoms with E-state index in [0.29, 0.717) is 33.0 Å². The van der Waals surface area contributed by atoms with Crippen molar-refractivity contribution in [2.75, 3.05) is 12.3 Å². The van der Waals surface area contributed by atoms with E-state index in [1.807, 2.05) is 0 Å². The van der Waals surface area contributed by atoms with Gasteiger partial charge in [0.25, 0.3) is 0 Å². The van der Waals surface area contributed by atoms with Gasteiger partial charge in [-0.25, -0.2) is 9.78 Å². The molecular formula is C15H15N3O2S. The van der Waals surface area contributed by atoms with Crippen LogP contribution in [0.1, 0.15) is 46.3 Å². The predicted octanol–water partition coefficient (Wildman–Crippen LogP) is 2.81. The highest BCUT2D eigenvalue weighted by Crippen LogP contribution is 2.38. The van der Waals surface area contributed by atoms with Crippen molar-refractivity contribution in [1.29, 1.82) is 5.26 Å². The molecule has 0 unspecified atom stereocenters. The second-order valence-corrected chi connectivity index (χ2v) is 5.98. The van der Waals surface area contributed by atoms with Gasteiger partial charge in [-0.05, 0) is 38.2 Å². The highest BCUT2D eigenvalue weighted by atomic mass is 32.1. The van der Waals surface area contributed by atoms with E-state index in [4.69, 9.17) is 15.7 Å². The standard InChI is InChI=1S/C15H15N3O2S/c1-2-20-15(19)11-8-5-3-4-6-9(8)18-14-12(11)13(17)10(7-16)21-14/h2-6,17H2,1H3. The van der Waals surface area contributed by atoms with Gasteiger partial charge in [0.2, 0.25) is 0 Å². The van der Waals surface area contributed by atoms with Crippen LogP contribution in [0.2, 0.25) is 0 Å². The summed E-state index contributed by atoms with van der Waals surface area (Å²) in [6.07, 6.45) is 3.77. The van der Waals surface area contributed by atoms with E-state index < -0.39 is 0 Å². The first-order valence-corrected chi connectivity index (χ1v) is 7.80. The molecule has 0 saturated carbocycles. The number of fused-ring (bicyclic) bond motifs is 2. The van der Waals surface area contributed by atoms with Gasteiger partial charge < -0.3 is 10.5 Å². The van der Waals surface area contributed by atoms with E-state index in [0.717, 1.165) is 36.9 Å². The molecule has 2 aromatic rings. The van der Waals surface area contributed by atoms with Gasteiger partial charge in [-0.1, -0.05) is 0 Å². The van der Waals surface area contributed by atoms with Crippen LogP contribution in [-0.4, -0.2) is 17.6 Å². The summed E-state index contributed by atoms with van der Waals surface area (Å²) >= 11 is 1.24. The molecule has 6 heteroatoms. The van der Waals surface area contributed by atoms with Crippen LogP contribution in [0.25, 0.3) is 10.2 Å². The number of carbonyl (C=O) groups excluding carboxylic acids is 1. The number of thiophene rings is 1. The molecule has 3 rings (SSSR count). The number of nitrogen functional groups attached to an aromatic ring is 1. The SMILES string of the molecule is CCOC(=O)c1c2c(nc3sc(C#N)c(N)c13)CCCC2. The lowest BCUT2D eigenvalue weighted by molar-refractivity contribution is 0.0527. The Kier molecular flexibility index (Phi) is 3.52. The van der Waals surface area contributed by atoms with Crippen molar-refractivity contribution in [3.8, 4) is 6.07 Å². The molecule has 5 nitrogen and oxygen atoms in total. The zero-order valence-corrected chi connectivity index (χ0v) is 12.5. The third-order valence-corrected chi connectivity index (χ3v) is 4.74. The molecule has 108 valence electrons. The van der Waals surface area contributed by atoms with E-state index in [1.54, 1.807) is 6.92 Å². The molecule has 0 saturated heterocycles. The van der Waals surface area contributed by atoms with Crippen molar-refractivity contribution in [2.45, 2.75) is 32.6 Å². The molecule has 21 heavy (non-hydrogen) atoms. The second-order valence-electron chi connectivity index (χ2n) is 4.98. The number of carbonyl (C=O) groups is 1. The quantitative estimate of drug-likeness (QED) is 0.861. The lowest BCUT2D eigenvalue weighted by Crippen LogP contribution is -2.15. The Morgan fingerprint density at radius 2 is 2.24 bits per heavy atom. The third-order valence-electron chi connectivity index (χ3n) is 3.73. The van der Waals surface area contributed by atoms with Crippen molar-refractivity contribution < 1.29 is 9.53 Å². The Bertz CT molecular complexity index is 774. The van der Waals surface area contributed by atoms with Crippen LogP contribution in [0.15, 0.2) is 0 Å². The number of pyridine rings is 1. The van der Waals surface area contributed by atoms with Crippen molar-refractivity contribution in [3.63, 3.8) is 0 Å². The molecule has 0 bridgehead atoms. The van der Waals surface area contributed by atoms with Crippen LogP contribution in [0.3, 0.4) is 0 Å². The van der Waals surface area contributed by atoms with Gasteiger partial charge in [0, 0.05) is 5.69 Å². The van der Waals surface area contributed by atoms with E-state index in [1.165, 1.54) is 11.3 Å². The normalized spacial score (nSPS) is 13.7. The van der Waals surface area contributed by atoms with Gasteiger partial charge >= 0.3 is 5.97 Å². The average molecular weight is 301 g/mol. The van der Waals surface area contributed by atoms with Gasteiger partial charge in [0.05, 0.1) is 23.2 Å². The molecule has 0 aliphatic heterocycles. The van der Waals surface area contributed by atoms with E-state index in [2.05, 4.69) is 11.1 Å². The van der Waals surface area contributed by atoms with Gasteiger partial charge in [-0.15, -0.1) is 11.3 Å². The van der Waals surface area contributed by atoms with Crippen LogP contribution >= 0.6 is 11.3 Å². The highest BCUT2D eigenvalue weighted by Gasteiger charge is 2.27. The Balaban J connectivity index is 2.36. The summed E-state index contributed by atoms with van der Waals surface area (Å²) in [6.45, 7) is 2.09. The van der Waals surface area contributed by atoms with Crippen LogP contribution < -0.4 is 5.73 Å². The number of hydrogen-bond acceptors (Lipinski definition) is 6. The van der Waals surface area contributed by atoms with Crippen molar-refractivity contribution in [1.82, 2.24) is 4.98 Å². The predicted molar refractivity (Wildman–Crippen MR) is 81.3 cm³/mol. The molecule has 0 fully saturated rings. The monoisotopic (exact) mass is 301 g/mol. The minimum Gasteiger partial charge on any atom is -0.462 e. The van der Waals surface area contributed by atoms with E-state index >= 15 is 0 Å². The van der Waals surface area contributed by atoms with Crippen molar-refractivity contribution in [3.05, 3.63) is 21.7 Å². The zero-order chi connectivity index (χ0) is 15.0. The molecule has 0 spiro atoms. The fourth-order valence-corrected chi connectivity index (χ4v) is 3.74. The molecule has 1 aliphatic rings. The molecule has 2 heterocycles. The number of aryl methyl sites for hydroxylation is 1. The zero-order valence-electron chi connectivity index (χ0n) is 11.7. The number of ether oxygens (including phenoxy) is 1. The number of esters is 1. The molecular weight excluding hydrogens is 286 g/mol. The molecule has 1 aliphatic carbocycles. The molecule has 0 radical (unpaired) electrons. The first-order chi connectivity index (χ1) is 10.2. The number of hydrogen-bond donors (Lipinski definition) is 1. The average Bonchev–Trinajstić information content (AvgIpc) is 2.81. The smallest absolute Gasteiger partial charge is 0.339 e. The number of nitrogens with two attached hydrogens (primary N) is 1. The number of aromatic nitrogens is 1. The summed E-state index contributed by atoms with van der Waals surface area (Å²) in [6, 6.07) is 2.07. The summed E-state index contributed by atoms with van der Waals surface area (Å²) in [5, 5.41) is 9.75. The maximum atomic E-state index is 12.4. The molecule has 0 aromatic carbocycles. The lowest BCUT2D eigenvalue weighted by atomic mass is 9.90. The fraction of sp³-hybridized carbons (Fsp3) is 0.400. The summed E-state index contributed by atoms with van der Waals surface area (Å²) in [7, 11) is 0. The third kappa shape index (κ3) is 2.14. The first-order valence-electron chi connectivity index (χ1n) is 6.98. The van der Waals surface area contributed by atoms with Crippen molar-refractivity contribution >= 4 is 33.2 Å². The second kappa shape index (κ2) is 5.34. The van der Waals surface area contributed by atoms with Crippen LogP contribution in [-0.2, 0) is 17.6 Å². The van der Waals surface area contributed by atoms with Gasteiger partial charge in [0.15, 0.2) is 0 Å². The maximum Gasteiger partial charge on any atom is 0.339 e. The summed E-state index contributed by atoms with van der Waals surface area (Å²) < 4.78 is 5.20. The number of nitriles is 1. The number of nitrogens with zero attached hydrogens (tertiary/aromatic N) is 2. The Labute approximate surface area is 126 Å². The van der Waals surface area contributed by atoms with Gasteiger partial charge in [0.1, 0.15) is 15.8 Å². The van der Waals surface area contributed by atoms with Crippen LogP contribution in [0.5, 0.6) is 0 Å².